The van der Waals surface area contributed by atoms with Crippen LogP contribution in [0.2, 0.25) is 0 Å². The molecule has 6 heteroatoms. The second kappa shape index (κ2) is 5.77. The van der Waals surface area contributed by atoms with Gasteiger partial charge in [-0.15, -0.1) is 0 Å². The van der Waals surface area contributed by atoms with Gasteiger partial charge in [-0.1, -0.05) is 0 Å². The van der Waals surface area contributed by atoms with Crippen molar-refractivity contribution in [1.29, 1.82) is 0 Å². The molecule has 0 spiro atoms. The first-order valence-electron chi connectivity index (χ1n) is 5.13. The lowest BCUT2D eigenvalue weighted by molar-refractivity contribution is -0.175. The highest BCUT2D eigenvalue weighted by atomic mass is 32.1. The molecular weight excluding hydrogens is 247 g/mol. The summed E-state index contributed by atoms with van der Waals surface area (Å²) < 4.78 is 23.8. The molecule has 17 heavy (non-hydrogen) atoms. The lowest BCUT2D eigenvalue weighted by Crippen LogP contribution is -2.42. The fraction of sp³-hybridized carbons (Fsp3) is 0.455. The molecule has 0 aromatic carbocycles. The molecule has 0 N–H and O–H groups in total. The molecule has 1 aromatic rings. The number of hydrogen-bond acceptors (Lipinski definition) is 5. The molecule has 0 atom stereocenters. The molecular formula is C11H13FO4S. The number of carbonyl (C=O) groups excluding carboxylic acids is 2. The zero-order chi connectivity index (χ0) is 12.9. The molecule has 4 nitrogen and oxygen atoms in total. The number of esters is 2. The Kier molecular flexibility index (Phi) is 4.62. The molecule has 0 saturated carbocycles. The number of alkyl halides is 1. The Morgan fingerprint density at radius 3 is 2.18 bits per heavy atom. The molecule has 1 aromatic heterocycles. The number of ether oxygens (including phenoxy) is 2. The smallest absolute Gasteiger partial charge is 0.360 e. The maximum atomic E-state index is 14.6. The Morgan fingerprint density at radius 1 is 1.29 bits per heavy atom. The van der Waals surface area contributed by atoms with Crippen LogP contribution in [-0.4, -0.2) is 25.2 Å². The Bertz CT molecular complexity index is 370. The summed E-state index contributed by atoms with van der Waals surface area (Å²) in [6.45, 7) is 3.07. The largest absolute Gasteiger partial charge is 0.463 e. The van der Waals surface area contributed by atoms with Gasteiger partial charge >= 0.3 is 17.6 Å². The number of carbonyl (C=O) groups is 2. The predicted molar refractivity (Wildman–Crippen MR) is 60.4 cm³/mol. The van der Waals surface area contributed by atoms with Crippen molar-refractivity contribution < 1.29 is 23.5 Å². The normalized spacial score (nSPS) is 11.0. The van der Waals surface area contributed by atoms with E-state index in [1.54, 1.807) is 5.38 Å². The van der Waals surface area contributed by atoms with Crippen molar-refractivity contribution in [2.24, 2.45) is 0 Å². The molecule has 0 aliphatic rings. The van der Waals surface area contributed by atoms with Crippen LogP contribution < -0.4 is 0 Å². The molecule has 0 amide bonds. The van der Waals surface area contributed by atoms with Crippen molar-refractivity contribution in [3.05, 3.63) is 22.4 Å². The summed E-state index contributed by atoms with van der Waals surface area (Å²) in [5.41, 5.74) is -2.93. The Hall–Kier alpha value is -1.43. The minimum absolute atomic E-state index is 0.00591. The van der Waals surface area contributed by atoms with Crippen molar-refractivity contribution in [3.63, 3.8) is 0 Å². The van der Waals surface area contributed by atoms with E-state index in [2.05, 4.69) is 9.47 Å². The zero-order valence-electron chi connectivity index (χ0n) is 9.57. The van der Waals surface area contributed by atoms with Gasteiger partial charge in [0.2, 0.25) is 0 Å². The van der Waals surface area contributed by atoms with Gasteiger partial charge in [-0.3, -0.25) is 0 Å². The van der Waals surface area contributed by atoms with Crippen LogP contribution in [-0.2, 0) is 24.7 Å². The van der Waals surface area contributed by atoms with Crippen LogP contribution in [0.5, 0.6) is 0 Å². The molecule has 0 aliphatic heterocycles. The lowest BCUT2D eigenvalue weighted by atomic mass is 9.99. The van der Waals surface area contributed by atoms with Crippen LogP contribution >= 0.6 is 11.3 Å². The van der Waals surface area contributed by atoms with Crippen LogP contribution in [0.15, 0.2) is 16.8 Å². The van der Waals surface area contributed by atoms with E-state index in [1.165, 1.54) is 36.6 Å². The van der Waals surface area contributed by atoms with E-state index >= 15 is 0 Å². The van der Waals surface area contributed by atoms with Gasteiger partial charge in [0.15, 0.2) is 0 Å². The first-order chi connectivity index (χ1) is 8.07. The Labute approximate surface area is 102 Å². The molecule has 0 radical (unpaired) electrons. The van der Waals surface area contributed by atoms with Gasteiger partial charge in [-0.2, -0.15) is 11.3 Å². The quantitative estimate of drug-likeness (QED) is 0.600. The van der Waals surface area contributed by atoms with Crippen molar-refractivity contribution in [1.82, 2.24) is 0 Å². The highest BCUT2D eigenvalue weighted by molar-refractivity contribution is 7.08. The molecule has 1 rings (SSSR count). The van der Waals surface area contributed by atoms with E-state index in [0.29, 0.717) is 0 Å². The van der Waals surface area contributed by atoms with Crippen molar-refractivity contribution in [2.75, 3.05) is 13.2 Å². The van der Waals surface area contributed by atoms with E-state index in [1.807, 2.05) is 0 Å². The predicted octanol–water partition coefficient (Wildman–Crippen LogP) is 2.04. The first-order valence-corrected chi connectivity index (χ1v) is 6.07. The van der Waals surface area contributed by atoms with Gasteiger partial charge in [0, 0.05) is 5.56 Å². The third-order valence-corrected chi connectivity index (χ3v) is 2.72. The highest BCUT2D eigenvalue weighted by Gasteiger charge is 2.52. The maximum absolute atomic E-state index is 14.6. The van der Waals surface area contributed by atoms with Crippen LogP contribution in [0.3, 0.4) is 0 Å². The molecule has 0 fully saturated rings. The molecule has 0 saturated heterocycles. The SMILES string of the molecule is CCOC(=O)C(F)(C(=O)OCC)c1ccsc1. The highest BCUT2D eigenvalue weighted by Crippen LogP contribution is 2.31. The van der Waals surface area contributed by atoms with Gasteiger partial charge in [0.05, 0.1) is 13.2 Å². The molecule has 0 aliphatic carbocycles. The maximum Gasteiger partial charge on any atom is 0.360 e. The zero-order valence-corrected chi connectivity index (χ0v) is 10.4. The summed E-state index contributed by atoms with van der Waals surface area (Å²) in [7, 11) is 0. The van der Waals surface area contributed by atoms with E-state index in [0.717, 1.165) is 0 Å². The summed E-state index contributed by atoms with van der Waals surface area (Å²) in [4.78, 5) is 23.2. The number of rotatable bonds is 5. The summed E-state index contributed by atoms with van der Waals surface area (Å²) in [6.07, 6.45) is 0. The third-order valence-electron chi connectivity index (χ3n) is 2.03. The van der Waals surface area contributed by atoms with Crippen molar-refractivity contribution in [2.45, 2.75) is 19.5 Å². The molecule has 0 unspecified atom stereocenters. The van der Waals surface area contributed by atoms with Crippen LogP contribution in [0.25, 0.3) is 0 Å². The van der Waals surface area contributed by atoms with E-state index in [4.69, 9.17) is 0 Å². The molecule has 0 bridgehead atoms. The summed E-state index contributed by atoms with van der Waals surface area (Å²) in [6, 6.07) is 1.36. The van der Waals surface area contributed by atoms with Crippen molar-refractivity contribution >= 4 is 23.3 Å². The minimum atomic E-state index is -2.87. The van der Waals surface area contributed by atoms with Gasteiger partial charge in [0.1, 0.15) is 0 Å². The van der Waals surface area contributed by atoms with E-state index < -0.39 is 17.6 Å². The van der Waals surface area contributed by atoms with Crippen LogP contribution in [0.4, 0.5) is 4.39 Å². The second-order valence-electron chi connectivity index (χ2n) is 3.11. The van der Waals surface area contributed by atoms with E-state index in [9.17, 15) is 14.0 Å². The Morgan fingerprint density at radius 2 is 1.82 bits per heavy atom. The number of thiophene rings is 1. The fourth-order valence-electron chi connectivity index (χ4n) is 1.24. The molecule has 1 heterocycles. The second-order valence-corrected chi connectivity index (χ2v) is 3.89. The van der Waals surface area contributed by atoms with Gasteiger partial charge < -0.3 is 9.47 Å². The topological polar surface area (TPSA) is 52.6 Å². The van der Waals surface area contributed by atoms with Gasteiger partial charge in [0.25, 0.3) is 0 Å². The van der Waals surface area contributed by atoms with E-state index in [-0.39, 0.29) is 18.8 Å². The van der Waals surface area contributed by atoms with Gasteiger partial charge in [-0.05, 0) is 30.7 Å². The minimum Gasteiger partial charge on any atom is -0.463 e. The summed E-state index contributed by atoms with van der Waals surface area (Å²) in [5.74, 6) is -2.48. The van der Waals surface area contributed by atoms with Crippen molar-refractivity contribution in [3.8, 4) is 0 Å². The van der Waals surface area contributed by atoms with Crippen LogP contribution in [0, 0.1) is 0 Å². The average Bonchev–Trinajstić information content (AvgIpc) is 2.82. The standard InChI is InChI=1S/C11H13FO4S/c1-3-15-9(13)11(12,10(14)16-4-2)8-5-6-17-7-8/h5-7H,3-4H2,1-2H3. The fourth-order valence-corrected chi connectivity index (χ4v) is 1.93. The third kappa shape index (κ3) is 2.63. The Balaban J connectivity index is 3.09. The first kappa shape index (κ1) is 13.6. The average molecular weight is 260 g/mol. The monoisotopic (exact) mass is 260 g/mol. The van der Waals surface area contributed by atoms with Crippen LogP contribution in [0.1, 0.15) is 19.4 Å². The number of hydrogen-bond donors (Lipinski definition) is 0. The summed E-state index contributed by atoms with van der Waals surface area (Å²) >= 11 is 1.18. The number of halogens is 1. The molecule has 94 valence electrons. The van der Waals surface area contributed by atoms with Gasteiger partial charge in [-0.25, -0.2) is 14.0 Å². The lowest BCUT2D eigenvalue weighted by Gasteiger charge is -2.20. The summed E-state index contributed by atoms with van der Waals surface area (Å²) in [5, 5.41) is 2.95.